The molecule has 0 saturated carbocycles. The van der Waals surface area contributed by atoms with Gasteiger partial charge in [0.25, 0.3) is 0 Å². The van der Waals surface area contributed by atoms with Crippen molar-refractivity contribution < 1.29 is 18.7 Å². The van der Waals surface area contributed by atoms with Gasteiger partial charge in [-0.1, -0.05) is 24.3 Å². The number of aryl methyl sites for hydroxylation is 2. The molecule has 1 amide bonds. The largest absolute Gasteiger partial charge is 0.486 e. The van der Waals surface area contributed by atoms with Crippen molar-refractivity contribution in [3.8, 4) is 11.5 Å². The lowest BCUT2D eigenvalue weighted by atomic mass is 10.0. The highest BCUT2D eigenvalue weighted by atomic mass is 16.6. The Bertz CT molecular complexity index is 1020. The van der Waals surface area contributed by atoms with E-state index in [-0.39, 0.29) is 5.91 Å². The Kier molecular flexibility index (Phi) is 4.99. The van der Waals surface area contributed by atoms with Gasteiger partial charge in [-0.3, -0.25) is 4.79 Å². The molecule has 3 aromatic rings. The number of amides is 1. The van der Waals surface area contributed by atoms with Gasteiger partial charge in [-0.15, -0.1) is 0 Å². The molecule has 0 bridgehead atoms. The number of carbonyl (C=O) groups is 1. The summed E-state index contributed by atoms with van der Waals surface area (Å²) < 4.78 is 17.2. The van der Waals surface area contributed by atoms with Crippen molar-refractivity contribution in [1.82, 2.24) is 4.90 Å². The summed E-state index contributed by atoms with van der Waals surface area (Å²) in [5.41, 5.74) is 5.07. The zero-order chi connectivity index (χ0) is 19.7. The second-order valence-corrected chi connectivity index (χ2v) is 7.17. The first-order valence-corrected chi connectivity index (χ1v) is 9.70. The van der Waals surface area contributed by atoms with Gasteiger partial charge in [-0.2, -0.15) is 0 Å². The average molecular weight is 379 g/mol. The van der Waals surface area contributed by atoms with Gasteiger partial charge in [-0.05, 0) is 38.0 Å². The Morgan fingerprint density at radius 2 is 1.89 bits per heavy atom. The van der Waals surface area contributed by atoms with Crippen molar-refractivity contribution in [2.24, 2.45) is 0 Å². The topological polar surface area (TPSA) is 51.9 Å². The Morgan fingerprint density at radius 1 is 1.07 bits per heavy atom. The number of rotatable bonds is 5. The molecule has 0 atom stereocenters. The quantitative estimate of drug-likeness (QED) is 0.659. The number of fused-ring (bicyclic) bond motifs is 2. The molecule has 0 unspecified atom stereocenters. The summed E-state index contributed by atoms with van der Waals surface area (Å²) in [6.45, 7) is 8.31. The van der Waals surface area contributed by atoms with Gasteiger partial charge < -0.3 is 18.8 Å². The Balaban J connectivity index is 1.55. The predicted molar refractivity (Wildman–Crippen MR) is 108 cm³/mol. The van der Waals surface area contributed by atoms with Crippen molar-refractivity contribution in [2.45, 2.75) is 33.7 Å². The van der Waals surface area contributed by atoms with Gasteiger partial charge in [0.1, 0.15) is 18.8 Å². The molecule has 0 N–H and O–H groups in total. The molecule has 1 aliphatic heterocycles. The van der Waals surface area contributed by atoms with E-state index in [0.717, 1.165) is 39.2 Å². The van der Waals surface area contributed by atoms with Crippen LogP contribution in [0.4, 0.5) is 0 Å². The van der Waals surface area contributed by atoms with Crippen molar-refractivity contribution in [3.05, 3.63) is 58.8 Å². The van der Waals surface area contributed by atoms with Crippen LogP contribution in [0.25, 0.3) is 11.0 Å². The molecule has 0 fully saturated rings. The molecular weight excluding hydrogens is 354 g/mol. The molecule has 2 heterocycles. The fourth-order valence-corrected chi connectivity index (χ4v) is 3.64. The van der Waals surface area contributed by atoms with Gasteiger partial charge in [-0.25, -0.2) is 0 Å². The summed E-state index contributed by atoms with van der Waals surface area (Å²) in [5, 5.41) is 1.02. The summed E-state index contributed by atoms with van der Waals surface area (Å²) in [5.74, 6) is 1.57. The number of furan rings is 1. The van der Waals surface area contributed by atoms with Gasteiger partial charge in [0.15, 0.2) is 11.5 Å². The highest BCUT2D eigenvalue weighted by Gasteiger charge is 2.21. The molecule has 0 spiro atoms. The Hall–Kier alpha value is -2.95. The summed E-state index contributed by atoms with van der Waals surface area (Å²) >= 11 is 0. The number of hydrogen-bond donors (Lipinski definition) is 0. The van der Waals surface area contributed by atoms with Crippen LogP contribution in [0.1, 0.15) is 29.2 Å². The lowest BCUT2D eigenvalue weighted by molar-refractivity contribution is -0.130. The van der Waals surface area contributed by atoms with E-state index < -0.39 is 0 Å². The standard InChI is InChI=1S/C23H25NO4/c1-4-24(13-17-6-5-7-20-23(17)27-11-10-26-20)21(25)12-18-14-28-22-16(3)15(2)8-9-19(18)22/h5-9,14H,4,10-13H2,1-3H3. The fourth-order valence-electron chi connectivity index (χ4n) is 3.64. The molecule has 2 aromatic carbocycles. The highest BCUT2D eigenvalue weighted by molar-refractivity contribution is 5.89. The van der Waals surface area contributed by atoms with Crippen molar-refractivity contribution in [3.63, 3.8) is 0 Å². The molecule has 4 rings (SSSR count). The van der Waals surface area contributed by atoms with Crippen LogP contribution in [0.2, 0.25) is 0 Å². The second kappa shape index (κ2) is 7.58. The molecule has 0 aliphatic carbocycles. The van der Waals surface area contributed by atoms with E-state index in [2.05, 4.69) is 13.0 Å². The highest BCUT2D eigenvalue weighted by Crippen LogP contribution is 2.34. The minimum Gasteiger partial charge on any atom is -0.486 e. The number of hydrogen-bond acceptors (Lipinski definition) is 4. The lowest BCUT2D eigenvalue weighted by Gasteiger charge is -2.25. The van der Waals surface area contributed by atoms with Crippen molar-refractivity contribution in [1.29, 1.82) is 0 Å². The normalized spacial score (nSPS) is 13.0. The van der Waals surface area contributed by atoms with Crippen molar-refractivity contribution >= 4 is 16.9 Å². The summed E-state index contributed by atoms with van der Waals surface area (Å²) in [4.78, 5) is 14.9. The Morgan fingerprint density at radius 3 is 2.71 bits per heavy atom. The maximum Gasteiger partial charge on any atom is 0.227 e. The van der Waals surface area contributed by atoms with Gasteiger partial charge in [0, 0.05) is 29.6 Å². The number of ether oxygens (including phenoxy) is 2. The smallest absolute Gasteiger partial charge is 0.227 e. The maximum atomic E-state index is 13.0. The third-order valence-electron chi connectivity index (χ3n) is 5.43. The van der Waals surface area contributed by atoms with E-state index in [1.807, 2.05) is 43.0 Å². The van der Waals surface area contributed by atoms with E-state index in [0.29, 0.717) is 32.7 Å². The molecule has 0 radical (unpaired) electrons. The third-order valence-corrected chi connectivity index (χ3v) is 5.43. The molecule has 1 aliphatic rings. The average Bonchev–Trinajstić information content (AvgIpc) is 3.12. The summed E-state index contributed by atoms with van der Waals surface area (Å²) in [6.07, 6.45) is 2.03. The maximum absolute atomic E-state index is 13.0. The van der Waals surface area contributed by atoms with E-state index >= 15 is 0 Å². The molecule has 28 heavy (non-hydrogen) atoms. The molecular formula is C23H25NO4. The predicted octanol–water partition coefficient (Wildman–Crippen LogP) is 4.41. The number of para-hydroxylation sites is 1. The minimum atomic E-state index is 0.0674. The molecule has 1 aromatic heterocycles. The van der Waals surface area contributed by atoms with Crippen LogP contribution in [0.15, 0.2) is 41.0 Å². The molecule has 0 saturated heterocycles. The number of carbonyl (C=O) groups excluding carboxylic acids is 1. The van der Waals surface area contributed by atoms with Crippen LogP contribution in [0, 0.1) is 13.8 Å². The number of nitrogens with zero attached hydrogens (tertiary/aromatic N) is 1. The SMILES string of the molecule is CCN(Cc1cccc2c1OCCO2)C(=O)Cc1coc2c(C)c(C)ccc12. The number of likely N-dealkylation sites (N-methyl/N-ethyl adjacent to an activating group) is 1. The van der Waals surface area contributed by atoms with Crippen LogP contribution in [-0.2, 0) is 17.8 Å². The first-order valence-electron chi connectivity index (χ1n) is 9.70. The minimum absolute atomic E-state index is 0.0674. The number of benzene rings is 2. The van der Waals surface area contributed by atoms with Crippen LogP contribution < -0.4 is 9.47 Å². The van der Waals surface area contributed by atoms with E-state index in [1.165, 1.54) is 5.56 Å². The Labute approximate surface area is 164 Å². The van der Waals surface area contributed by atoms with E-state index in [1.54, 1.807) is 6.26 Å². The zero-order valence-electron chi connectivity index (χ0n) is 16.6. The van der Waals surface area contributed by atoms with Gasteiger partial charge >= 0.3 is 0 Å². The molecule has 146 valence electrons. The van der Waals surface area contributed by atoms with Crippen LogP contribution in [0.3, 0.4) is 0 Å². The summed E-state index contributed by atoms with van der Waals surface area (Å²) in [6, 6.07) is 9.95. The van der Waals surface area contributed by atoms with Crippen LogP contribution >= 0.6 is 0 Å². The summed E-state index contributed by atoms with van der Waals surface area (Å²) in [7, 11) is 0. The first-order chi connectivity index (χ1) is 13.6. The lowest BCUT2D eigenvalue weighted by Crippen LogP contribution is -2.32. The molecule has 5 nitrogen and oxygen atoms in total. The fraction of sp³-hybridized carbons (Fsp3) is 0.348. The van der Waals surface area contributed by atoms with E-state index in [4.69, 9.17) is 13.9 Å². The first kappa shape index (κ1) is 18.4. The van der Waals surface area contributed by atoms with E-state index in [9.17, 15) is 4.79 Å². The zero-order valence-corrected chi connectivity index (χ0v) is 16.6. The van der Waals surface area contributed by atoms with Gasteiger partial charge in [0.05, 0.1) is 12.7 Å². The molecule has 5 heteroatoms. The third kappa shape index (κ3) is 3.33. The van der Waals surface area contributed by atoms with Crippen molar-refractivity contribution in [2.75, 3.05) is 19.8 Å². The van der Waals surface area contributed by atoms with Crippen LogP contribution in [0.5, 0.6) is 11.5 Å². The monoisotopic (exact) mass is 379 g/mol. The van der Waals surface area contributed by atoms with Gasteiger partial charge in [0.2, 0.25) is 5.91 Å². The van der Waals surface area contributed by atoms with Crippen LogP contribution in [-0.4, -0.2) is 30.6 Å². The second-order valence-electron chi connectivity index (χ2n) is 7.17.